The number of fused-ring (bicyclic) bond motifs is 3. The van der Waals surface area contributed by atoms with Gasteiger partial charge in [-0.1, -0.05) is 31.9 Å². The molecule has 8 saturated carbocycles. The molecule has 3 heteroatoms. The Morgan fingerprint density at radius 3 is 2.82 bits per heavy atom. The highest BCUT2D eigenvalue weighted by atomic mass is 16.5. The van der Waals surface area contributed by atoms with Crippen LogP contribution in [0.5, 0.6) is 0 Å². The average Bonchev–Trinajstić information content (AvgIpc) is 3.52. The smallest absolute Gasteiger partial charge is 0.0744 e. The second-order valence-electron chi connectivity index (χ2n) is 20.8. The largest absolute Gasteiger partial charge is 0.370 e. The van der Waals surface area contributed by atoms with E-state index in [4.69, 9.17) is 9.73 Å². The number of nitrogens with zero attached hydrogens (tertiary/aromatic N) is 2. The fraction of sp³-hybridized carbons (Fsp3) is 0.878. The Bertz CT molecular complexity index is 1560. The van der Waals surface area contributed by atoms with Crippen LogP contribution in [0.25, 0.3) is 0 Å². The Morgan fingerprint density at radius 1 is 0.955 bits per heavy atom. The van der Waals surface area contributed by atoms with Crippen LogP contribution in [0.3, 0.4) is 0 Å². The van der Waals surface area contributed by atoms with Gasteiger partial charge in [-0.3, -0.25) is 4.99 Å². The maximum atomic E-state index is 8.16. The third-order valence-corrected chi connectivity index (χ3v) is 19.7. The first-order chi connectivity index (χ1) is 21.2. The number of hydrogen-bond acceptors (Lipinski definition) is 3. The zero-order valence-corrected chi connectivity index (χ0v) is 27.7. The van der Waals surface area contributed by atoms with Crippen LogP contribution in [0.1, 0.15) is 110 Å². The van der Waals surface area contributed by atoms with E-state index in [2.05, 4.69) is 38.1 Å². The van der Waals surface area contributed by atoms with E-state index in [-0.39, 0.29) is 5.60 Å². The monoisotopic (exact) mass is 590 g/mol. The first kappa shape index (κ1) is 25.1. The molecule has 16 atom stereocenters. The number of allylic oxidation sites excluding steroid dienone is 2. The summed E-state index contributed by atoms with van der Waals surface area (Å²) in [6.45, 7) is 7.83. The molecule has 0 N–H and O–H groups in total. The van der Waals surface area contributed by atoms with Crippen molar-refractivity contribution in [2.45, 2.75) is 128 Å². The molecule has 44 heavy (non-hydrogen) atoms. The summed E-state index contributed by atoms with van der Waals surface area (Å²) in [5.41, 5.74) is 8.61. The van der Waals surface area contributed by atoms with Gasteiger partial charge in [-0.15, -0.1) is 0 Å². The van der Waals surface area contributed by atoms with Crippen molar-refractivity contribution in [2.75, 3.05) is 20.1 Å². The standard InChI is InChI=1S/C41H54N2O/c1-35-7-4-8-41-31(35)6-10-38-20-39(24(15-32(38)41)14-29(38)33(41)42-21-35)11-12-40-28-16-27-25-13-23-17-36(2,22-43(3)19-23)26(25)5-9-37(27,18-30(28)40)34(40)44-39/h16,21,23-24,28-34H,4-15,17-20,22H2,1-3H3/t23-,24+,28-,29?,30?,31-,32-,33?,34+,35+,36+,37-,38-,39+,40-,41+/m1/s1. The lowest BCUT2D eigenvalue weighted by molar-refractivity contribution is -0.283. The summed E-state index contributed by atoms with van der Waals surface area (Å²) in [5.74, 6) is 6.19. The minimum atomic E-state index is 0.186. The molecule has 2 saturated heterocycles. The van der Waals surface area contributed by atoms with Crippen molar-refractivity contribution < 1.29 is 4.74 Å². The predicted molar refractivity (Wildman–Crippen MR) is 172 cm³/mol. The summed E-state index contributed by atoms with van der Waals surface area (Å²) in [7, 11) is 2.38. The van der Waals surface area contributed by atoms with E-state index < -0.39 is 0 Å². The van der Waals surface area contributed by atoms with Crippen molar-refractivity contribution in [3.8, 4) is 0 Å². The predicted octanol–water partition coefficient (Wildman–Crippen LogP) is 8.00. The van der Waals surface area contributed by atoms with E-state index in [1.807, 2.05) is 16.7 Å². The van der Waals surface area contributed by atoms with Gasteiger partial charge in [-0.25, -0.2) is 0 Å². The van der Waals surface area contributed by atoms with Gasteiger partial charge in [0.2, 0.25) is 0 Å². The molecule has 3 aliphatic heterocycles. The molecule has 0 amide bonds. The van der Waals surface area contributed by atoms with Gasteiger partial charge in [0.25, 0.3) is 0 Å². The van der Waals surface area contributed by atoms with Crippen LogP contribution in [0.15, 0.2) is 27.8 Å². The summed E-state index contributed by atoms with van der Waals surface area (Å²) in [6.07, 6.45) is 27.6. The Balaban J connectivity index is 0.896. The third kappa shape index (κ3) is 2.28. The van der Waals surface area contributed by atoms with Gasteiger partial charge in [0.1, 0.15) is 0 Å². The van der Waals surface area contributed by atoms with Gasteiger partial charge in [0.15, 0.2) is 0 Å². The van der Waals surface area contributed by atoms with E-state index in [0.717, 1.165) is 41.4 Å². The zero-order chi connectivity index (χ0) is 28.9. The Hall–Kier alpha value is -0.930. The van der Waals surface area contributed by atoms with Crippen molar-refractivity contribution >= 4 is 6.21 Å². The quantitative estimate of drug-likeness (QED) is 0.286. The van der Waals surface area contributed by atoms with E-state index in [0.29, 0.717) is 44.6 Å². The second kappa shape index (κ2) is 6.95. The minimum Gasteiger partial charge on any atom is -0.370 e. The molecular weight excluding hydrogens is 536 g/mol. The highest BCUT2D eigenvalue weighted by Gasteiger charge is 2.86. The number of rotatable bonds is 0. The van der Waals surface area contributed by atoms with Crippen LogP contribution in [-0.4, -0.2) is 49.0 Å². The number of hydrogen-bond donors (Lipinski definition) is 0. The fourth-order valence-corrected chi connectivity index (χ4v) is 19.0. The summed E-state index contributed by atoms with van der Waals surface area (Å²) in [4.78, 5) is 8.27. The average molecular weight is 591 g/mol. The molecule has 15 aliphatic rings. The van der Waals surface area contributed by atoms with Gasteiger partial charge in [-0.05, 0) is 155 Å². The first-order valence-electron chi connectivity index (χ1n) is 19.6. The summed E-state index contributed by atoms with van der Waals surface area (Å²) in [5, 5.41) is 0. The molecule has 0 aromatic rings. The summed E-state index contributed by atoms with van der Waals surface area (Å²) in [6, 6.07) is 0.656. The molecule has 0 aromatic carbocycles. The molecular formula is C41H54N2O. The normalized spacial score (nSPS) is 67.4. The van der Waals surface area contributed by atoms with Gasteiger partial charge in [-0.2, -0.15) is 0 Å². The lowest BCUT2D eigenvalue weighted by Gasteiger charge is -2.69. The number of piperidine rings is 1. The first-order valence-corrected chi connectivity index (χ1v) is 19.6. The van der Waals surface area contributed by atoms with Crippen LogP contribution in [-0.2, 0) is 4.74 Å². The maximum absolute atomic E-state index is 8.16. The van der Waals surface area contributed by atoms with Gasteiger partial charge < -0.3 is 9.64 Å². The van der Waals surface area contributed by atoms with Crippen molar-refractivity contribution in [1.29, 1.82) is 0 Å². The third-order valence-electron chi connectivity index (χ3n) is 19.7. The van der Waals surface area contributed by atoms with Crippen molar-refractivity contribution in [3.63, 3.8) is 0 Å². The Labute approximate surface area is 265 Å². The molecule has 15 rings (SSSR count). The minimum absolute atomic E-state index is 0.186. The van der Waals surface area contributed by atoms with Crippen LogP contribution in [0.2, 0.25) is 0 Å². The second-order valence-corrected chi connectivity index (χ2v) is 20.8. The highest BCUT2D eigenvalue weighted by molar-refractivity contribution is 5.69. The van der Waals surface area contributed by atoms with Crippen LogP contribution >= 0.6 is 0 Å². The zero-order valence-electron chi connectivity index (χ0n) is 27.7. The van der Waals surface area contributed by atoms with Gasteiger partial charge in [0.05, 0.1) is 17.7 Å². The van der Waals surface area contributed by atoms with Crippen molar-refractivity contribution in [3.05, 3.63) is 22.8 Å². The molecule has 12 bridgehead atoms. The van der Waals surface area contributed by atoms with E-state index in [1.165, 1.54) is 109 Å². The molecule has 234 valence electrons. The molecule has 12 aliphatic carbocycles. The van der Waals surface area contributed by atoms with Crippen LogP contribution in [0, 0.1) is 73.9 Å². The molecule has 3 nitrogen and oxygen atoms in total. The molecule has 3 heterocycles. The molecule has 10 fully saturated rings. The SMILES string of the molecule is CN1C[C@@H]2CC3=C(CC[C@@]45CC6[C@@H](C=C34)[C@]63CC[C@@]4(C[C@]67CC[C@H]8[C@]9%10CCC[C@@]8(C)C=NC9C6C[C@H]4C[C@H]7%10)O[C@@H]53)[C@@](C)(C2)C1. The van der Waals surface area contributed by atoms with Gasteiger partial charge in [0, 0.05) is 46.4 Å². The maximum Gasteiger partial charge on any atom is 0.0744 e. The Morgan fingerprint density at radius 2 is 1.89 bits per heavy atom. The number of aliphatic imine (C=N–C) groups is 1. The van der Waals surface area contributed by atoms with E-state index in [1.54, 1.807) is 0 Å². The summed E-state index contributed by atoms with van der Waals surface area (Å²) < 4.78 is 8.16. The highest BCUT2D eigenvalue weighted by Crippen LogP contribution is 2.88. The molecule has 3 unspecified atom stereocenters. The molecule has 0 radical (unpaired) electrons. The molecule has 5 spiro atoms. The number of ether oxygens (including phenoxy) is 1. The topological polar surface area (TPSA) is 24.8 Å². The number of likely N-dealkylation sites (tertiary alicyclic amines) is 1. The lowest BCUT2D eigenvalue weighted by atomic mass is 9.38. The fourth-order valence-electron chi connectivity index (χ4n) is 19.0. The van der Waals surface area contributed by atoms with Crippen LogP contribution in [0.4, 0.5) is 0 Å². The van der Waals surface area contributed by atoms with Crippen LogP contribution < -0.4 is 0 Å². The van der Waals surface area contributed by atoms with Crippen molar-refractivity contribution in [2.24, 2.45) is 78.9 Å². The molecule has 0 aromatic heterocycles. The summed E-state index contributed by atoms with van der Waals surface area (Å²) >= 11 is 0. The Kier molecular flexibility index (Phi) is 3.97. The van der Waals surface area contributed by atoms with Gasteiger partial charge >= 0.3 is 0 Å². The van der Waals surface area contributed by atoms with E-state index in [9.17, 15) is 0 Å². The van der Waals surface area contributed by atoms with Crippen molar-refractivity contribution in [1.82, 2.24) is 4.90 Å². The van der Waals surface area contributed by atoms with E-state index >= 15 is 0 Å². The lowest BCUT2D eigenvalue weighted by Crippen LogP contribution is -2.66.